The van der Waals surface area contributed by atoms with Crippen LogP contribution in [-0.2, 0) is 4.79 Å². The summed E-state index contributed by atoms with van der Waals surface area (Å²) in [5.74, 6) is -0.0368. The molecule has 0 aromatic carbocycles. The number of anilines is 1. The minimum atomic E-state index is -0.622. The third-order valence-electron chi connectivity index (χ3n) is 1.53. The van der Waals surface area contributed by atoms with E-state index in [1.807, 2.05) is 6.92 Å². The average Bonchev–Trinajstić information content (AvgIpc) is 2.40. The van der Waals surface area contributed by atoms with Crippen LogP contribution in [0, 0.1) is 6.92 Å². The molecule has 6 N–H and O–H groups in total. The molecule has 0 bridgehead atoms. The number of nitrogen functional groups attached to an aromatic ring is 1. The highest BCUT2D eigenvalue weighted by atomic mass is 32.2. The number of hydrogen-bond donors (Lipinski definition) is 3. The molecule has 1 heterocycles. The van der Waals surface area contributed by atoms with Crippen molar-refractivity contribution >= 4 is 34.1 Å². The molecule has 1 atom stereocenters. The second-order valence-corrected chi connectivity index (χ2v) is 5.06. The highest BCUT2D eigenvalue weighted by molar-refractivity contribution is 8.01. The van der Waals surface area contributed by atoms with Crippen LogP contribution in [-0.4, -0.2) is 22.7 Å². The van der Waals surface area contributed by atoms with Crippen LogP contribution in [0.25, 0.3) is 0 Å². The summed E-state index contributed by atoms with van der Waals surface area (Å²) in [6, 6.07) is -0.622. The number of primary amides is 1. The van der Waals surface area contributed by atoms with Gasteiger partial charge in [0.15, 0.2) is 5.13 Å². The third-order valence-corrected chi connectivity index (χ3v) is 4.00. The maximum Gasteiger partial charge on any atom is 0.235 e. The zero-order valence-corrected chi connectivity index (χ0v) is 9.32. The number of aryl methyl sites for hydroxylation is 1. The molecular formula is C7H12N4OS2. The lowest BCUT2D eigenvalue weighted by atomic mass is 10.3. The van der Waals surface area contributed by atoms with Gasteiger partial charge >= 0.3 is 0 Å². The minimum absolute atomic E-state index is 0.456. The van der Waals surface area contributed by atoms with Crippen molar-refractivity contribution in [1.29, 1.82) is 0 Å². The van der Waals surface area contributed by atoms with Crippen molar-refractivity contribution in [2.75, 3.05) is 11.5 Å². The molecule has 0 radical (unpaired) electrons. The normalized spacial score (nSPS) is 12.7. The monoisotopic (exact) mass is 232 g/mol. The van der Waals surface area contributed by atoms with E-state index < -0.39 is 11.9 Å². The van der Waals surface area contributed by atoms with Crippen molar-refractivity contribution < 1.29 is 4.79 Å². The number of rotatable bonds is 4. The molecule has 14 heavy (non-hydrogen) atoms. The van der Waals surface area contributed by atoms with E-state index in [-0.39, 0.29) is 0 Å². The Hall–Kier alpha value is -0.790. The van der Waals surface area contributed by atoms with Crippen molar-refractivity contribution in [3.63, 3.8) is 0 Å². The molecule has 1 aromatic heterocycles. The van der Waals surface area contributed by atoms with Crippen molar-refractivity contribution in [3.8, 4) is 0 Å². The quantitative estimate of drug-likeness (QED) is 0.630. The number of thioether (sulfide) groups is 1. The van der Waals surface area contributed by atoms with Gasteiger partial charge in [0.05, 0.1) is 15.9 Å². The number of hydrogen-bond acceptors (Lipinski definition) is 6. The van der Waals surface area contributed by atoms with Crippen LogP contribution >= 0.6 is 23.1 Å². The first-order chi connectivity index (χ1) is 6.50. The molecule has 7 heteroatoms. The SMILES string of the molecule is Cc1nc(N)sc1SCC(N)C(N)=O. The predicted octanol–water partition coefficient (Wildman–Crippen LogP) is -0.0616. The minimum Gasteiger partial charge on any atom is -0.375 e. The Morgan fingerprint density at radius 3 is 2.79 bits per heavy atom. The topological polar surface area (TPSA) is 108 Å². The molecule has 0 spiro atoms. The summed E-state index contributed by atoms with van der Waals surface area (Å²) in [7, 11) is 0. The van der Waals surface area contributed by atoms with Gasteiger partial charge in [-0.15, -0.1) is 11.8 Å². The van der Waals surface area contributed by atoms with Crippen molar-refractivity contribution in [2.45, 2.75) is 17.2 Å². The van der Waals surface area contributed by atoms with E-state index in [1.165, 1.54) is 23.1 Å². The predicted molar refractivity (Wildman–Crippen MR) is 59.2 cm³/mol. The second-order valence-electron chi connectivity index (χ2n) is 2.74. The van der Waals surface area contributed by atoms with Crippen molar-refractivity contribution in [2.24, 2.45) is 11.5 Å². The van der Waals surface area contributed by atoms with Gasteiger partial charge in [0.25, 0.3) is 0 Å². The van der Waals surface area contributed by atoms with E-state index in [2.05, 4.69) is 4.98 Å². The van der Waals surface area contributed by atoms with Gasteiger partial charge in [0, 0.05) is 5.75 Å². The Morgan fingerprint density at radius 2 is 2.36 bits per heavy atom. The standard InChI is InChI=1S/C7H12N4OS2/c1-3-6(14-7(10)11-3)13-2-4(8)5(9)12/h4H,2,8H2,1H3,(H2,9,12)(H2,10,11). The molecule has 0 saturated heterocycles. The van der Waals surface area contributed by atoms with E-state index in [0.717, 1.165) is 9.90 Å². The number of nitrogens with two attached hydrogens (primary N) is 3. The van der Waals surface area contributed by atoms with Gasteiger partial charge < -0.3 is 17.2 Å². The van der Waals surface area contributed by atoms with Crippen LogP contribution in [0.15, 0.2) is 4.21 Å². The molecule has 0 saturated carbocycles. The molecule has 1 amide bonds. The number of amides is 1. The maximum atomic E-state index is 10.7. The zero-order chi connectivity index (χ0) is 10.7. The lowest BCUT2D eigenvalue weighted by molar-refractivity contribution is -0.118. The molecule has 1 rings (SSSR count). The van der Waals surface area contributed by atoms with E-state index in [9.17, 15) is 4.79 Å². The Morgan fingerprint density at radius 1 is 1.71 bits per heavy atom. The second kappa shape index (κ2) is 4.63. The van der Waals surface area contributed by atoms with Gasteiger partial charge in [0.1, 0.15) is 0 Å². The molecule has 0 aliphatic carbocycles. The highest BCUT2D eigenvalue weighted by Crippen LogP contribution is 2.30. The third kappa shape index (κ3) is 2.86. The van der Waals surface area contributed by atoms with Gasteiger partial charge in [-0.3, -0.25) is 4.79 Å². The molecule has 0 fully saturated rings. The molecule has 78 valence electrons. The fourth-order valence-electron chi connectivity index (χ4n) is 0.784. The van der Waals surface area contributed by atoms with E-state index in [0.29, 0.717) is 10.9 Å². The fourth-order valence-corrected chi connectivity index (χ4v) is 2.80. The van der Waals surface area contributed by atoms with Gasteiger partial charge in [-0.2, -0.15) is 0 Å². The summed E-state index contributed by atoms with van der Waals surface area (Å²) >= 11 is 2.84. The van der Waals surface area contributed by atoms with Crippen molar-refractivity contribution in [3.05, 3.63) is 5.69 Å². The van der Waals surface area contributed by atoms with Gasteiger partial charge in [-0.1, -0.05) is 11.3 Å². The number of nitrogens with zero attached hydrogens (tertiary/aromatic N) is 1. The van der Waals surface area contributed by atoms with Crippen LogP contribution < -0.4 is 17.2 Å². The number of carbonyl (C=O) groups excluding carboxylic acids is 1. The summed E-state index contributed by atoms with van der Waals surface area (Å²) in [4.78, 5) is 14.7. The van der Waals surface area contributed by atoms with Crippen LogP contribution in [0.5, 0.6) is 0 Å². The van der Waals surface area contributed by atoms with E-state index in [1.54, 1.807) is 0 Å². The summed E-state index contributed by atoms with van der Waals surface area (Å²) in [6.07, 6.45) is 0. The smallest absolute Gasteiger partial charge is 0.235 e. The van der Waals surface area contributed by atoms with Gasteiger partial charge in [0.2, 0.25) is 5.91 Å². The Kier molecular flexibility index (Phi) is 3.73. The molecule has 5 nitrogen and oxygen atoms in total. The van der Waals surface area contributed by atoms with Gasteiger partial charge in [-0.25, -0.2) is 4.98 Å². The first-order valence-electron chi connectivity index (χ1n) is 3.91. The average molecular weight is 232 g/mol. The summed E-state index contributed by atoms with van der Waals surface area (Å²) in [5, 5.41) is 0.526. The summed E-state index contributed by atoms with van der Waals surface area (Å²) < 4.78 is 0.985. The Balaban J connectivity index is 2.53. The Labute approximate surface area is 90.1 Å². The highest BCUT2D eigenvalue weighted by Gasteiger charge is 2.12. The first-order valence-corrected chi connectivity index (χ1v) is 5.71. The Bertz CT molecular complexity index is 338. The lowest BCUT2D eigenvalue weighted by Gasteiger charge is -2.04. The van der Waals surface area contributed by atoms with Crippen molar-refractivity contribution in [1.82, 2.24) is 4.98 Å². The number of aromatic nitrogens is 1. The molecule has 0 aliphatic rings. The fraction of sp³-hybridized carbons (Fsp3) is 0.429. The molecule has 1 unspecified atom stereocenters. The number of carbonyl (C=O) groups is 1. The molecular weight excluding hydrogens is 220 g/mol. The van der Waals surface area contributed by atoms with E-state index in [4.69, 9.17) is 17.2 Å². The van der Waals surface area contributed by atoms with Crippen LogP contribution in [0.1, 0.15) is 5.69 Å². The van der Waals surface area contributed by atoms with Crippen LogP contribution in [0.4, 0.5) is 5.13 Å². The maximum absolute atomic E-state index is 10.7. The molecule has 1 aromatic rings. The van der Waals surface area contributed by atoms with E-state index >= 15 is 0 Å². The summed E-state index contributed by atoms with van der Waals surface area (Å²) in [6.45, 7) is 1.87. The van der Waals surface area contributed by atoms with Gasteiger partial charge in [-0.05, 0) is 6.92 Å². The van der Waals surface area contributed by atoms with Crippen LogP contribution in [0.2, 0.25) is 0 Å². The lowest BCUT2D eigenvalue weighted by Crippen LogP contribution is -2.38. The van der Waals surface area contributed by atoms with Crippen LogP contribution in [0.3, 0.4) is 0 Å². The molecule has 0 aliphatic heterocycles. The largest absolute Gasteiger partial charge is 0.375 e. The summed E-state index contributed by atoms with van der Waals surface area (Å²) in [5.41, 5.74) is 16.9. The first kappa shape index (κ1) is 11.3. The zero-order valence-electron chi connectivity index (χ0n) is 7.69. The number of thiazole rings is 1.